The first-order valence-corrected chi connectivity index (χ1v) is 14.4. The third-order valence-corrected chi connectivity index (χ3v) is 8.86. The van der Waals surface area contributed by atoms with Crippen molar-refractivity contribution in [2.75, 3.05) is 19.6 Å². The van der Waals surface area contributed by atoms with E-state index in [1.165, 1.54) is 4.90 Å². The molecule has 0 aromatic heterocycles. The zero-order valence-electron chi connectivity index (χ0n) is 20.5. The van der Waals surface area contributed by atoms with Crippen LogP contribution >= 0.6 is 0 Å². The predicted molar refractivity (Wildman–Crippen MR) is 138 cm³/mol. The van der Waals surface area contributed by atoms with Crippen molar-refractivity contribution < 1.29 is 26.3 Å². The standard InChI is InChI=1S/C29H30F3NO3S/c30-29(31,32)21-33-16-14-28(15-17-33)13-12-26-18-25(10-11-27(26)36-28)24-8-6-23(7-9-24)20-37(34,35)19-22-4-2-1-3-5-22/h1-11,18H,12-17,19-21H2. The summed E-state index contributed by atoms with van der Waals surface area (Å²) in [5, 5.41) is 0. The van der Waals surface area contributed by atoms with Crippen LogP contribution in [0, 0.1) is 0 Å². The second kappa shape index (κ2) is 10.1. The molecule has 4 nitrogen and oxygen atoms in total. The van der Waals surface area contributed by atoms with Crippen molar-refractivity contribution in [3.05, 3.63) is 89.5 Å². The van der Waals surface area contributed by atoms with Gasteiger partial charge in [0.15, 0.2) is 9.84 Å². The van der Waals surface area contributed by atoms with Crippen molar-refractivity contribution in [1.29, 1.82) is 0 Å². The van der Waals surface area contributed by atoms with Crippen molar-refractivity contribution in [3.63, 3.8) is 0 Å². The zero-order chi connectivity index (χ0) is 26.1. The molecule has 196 valence electrons. The number of hydrogen-bond donors (Lipinski definition) is 0. The van der Waals surface area contributed by atoms with Crippen molar-refractivity contribution in [2.45, 2.75) is 49.0 Å². The van der Waals surface area contributed by atoms with Crippen molar-refractivity contribution in [1.82, 2.24) is 4.90 Å². The van der Waals surface area contributed by atoms with Gasteiger partial charge in [0.05, 0.1) is 18.1 Å². The van der Waals surface area contributed by atoms with Crippen LogP contribution in [0.5, 0.6) is 5.75 Å². The molecule has 5 rings (SSSR count). The number of fused-ring (bicyclic) bond motifs is 1. The Morgan fingerprint density at radius 2 is 1.43 bits per heavy atom. The minimum Gasteiger partial charge on any atom is -0.487 e. The largest absolute Gasteiger partial charge is 0.487 e. The second-order valence-electron chi connectivity index (χ2n) is 10.2. The number of ether oxygens (including phenoxy) is 1. The molecular formula is C29H30F3NO3S. The molecule has 0 saturated carbocycles. The third-order valence-electron chi connectivity index (χ3n) is 7.31. The summed E-state index contributed by atoms with van der Waals surface area (Å²) in [5.41, 5.74) is 4.26. The van der Waals surface area contributed by atoms with Crippen molar-refractivity contribution in [3.8, 4) is 16.9 Å². The van der Waals surface area contributed by atoms with Gasteiger partial charge in [-0.2, -0.15) is 13.2 Å². The summed E-state index contributed by atoms with van der Waals surface area (Å²) in [4.78, 5) is 1.46. The van der Waals surface area contributed by atoms with Gasteiger partial charge < -0.3 is 4.74 Å². The van der Waals surface area contributed by atoms with Crippen LogP contribution in [0.3, 0.4) is 0 Å². The van der Waals surface area contributed by atoms with E-state index in [9.17, 15) is 21.6 Å². The fourth-order valence-electron chi connectivity index (χ4n) is 5.35. The van der Waals surface area contributed by atoms with Crippen LogP contribution < -0.4 is 4.74 Å². The van der Waals surface area contributed by atoms with Crippen LogP contribution in [-0.2, 0) is 27.8 Å². The van der Waals surface area contributed by atoms with Gasteiger partial charge in [-0.25, -0.2) is 8.42 Å². The summed E-state index contributed by atoms with van der Waals surface area (Å²) in [6.07, 6.45) is -1.37. The molecule has 0 aliphatic carbocycles. The van der Waals surface area contributed by atoms with E-state index in [1.807, 2.05) is 66.7 Å². The van der Waals surface area contributed by atoms with E-state index in [0.717, 1.165) is 46.4 Å². The molecule has 1 spiro atoms. The lowest BCUT2D eigenvalue weighted by Gasteiger charge is -2.44. The van der Waals surface area contributed by atoms with E-state index in [-0.39, 0.29) is 17.1 Å². The third kappa shape index (κ3) is 6.54. The van der Waals surface area contributed by atoms with Gasteiger partial charge in [-0.3, -0.25) is 4.90 Å². The molecular weight excluding hydrogens is 499 g/mol. The Bertz CT molecular complexity index is 1330. The van der Waals surface area contributed by atoms with Gasteiger partial charge in [-0.1, -0.05) is 60.7 Å². The number of hydrogen-bond acceptors (Lipinski definition) is 4. The van der Waals surface area contributed by atoms with Gasteiger partial charge in [-0.05, 0) is 65.6 Å². The molecule has 37 heavy (non-hydrogen) atoms. The number of halogens is 3. The molecule has 0 unspecified atom stereocenters. The number of nitrogens with zero attached hydrogens (tertiary/aromatic N) is 1. The number of rotatable bonds is 6. The Hall–Kier alpha value is -2.84. The number of benzene rings is 3. The molecule has 0 atom stereocenters. The lowest BCUT2D eigenvalue weighted by Crippen LogP contribution is -2.51. The maximum atomic E-state index is 12.7. The molecule has 1 saturated heterocycles. The van der Waals surface area contributed by atoms with Gasteiger partial charge in [0.25, 0.3) is 0 Å². The van der Waals surface area contributed by atoms with Crippen LogP contribution in [0.2, 0.25) is 0 Å². The molecule has 0 N–H and O–H groups in total. The first-order valence-electron chi connectivity index (χ1n) is 12.5. The number of sulfone groups is 1. The summed E-state index contributed by atoms with van der Waals surface area (Å²) < 4.78 is 69.8. The molecule has 1 fully saturated rings. The molecule has 0 radical (unpaired) electrons. The van der Waals surface area contributed by atoms with Gasteiger partial charge in [0, 0.05) is 13.1 Å². The number of alkyl halides is 3. The quantitative estimate of drug-likeness (QED) is 0.382. The number of aryl methyl sites for hydroxylation is 1. The van der Waals surface area contributed by atoms with E-state index in [4.69, 9.17) is 4.74 Å². The molecule has 2 aliphatic heterocycles. The SMILES string of the molecule is O=S(=O)(Cc1ccccc1)Cc1ccc(-c2ccc3c(c2)CCC2(CCN(CC(F)(F)F)CC2)O3)cc1. The lowest BCUT2D eigenvalue weighted by atomic mass is 9.82. The van der Waals surface area contributed by atoms with E-state index in [0.29, 0.717) is 25.9 Å². The predicted octanol–water partition coefficient (Wildman–Crippen LogP) is 6.19. The minimum atomic E-state index is -4.17. The van der Waals surface area contributed by atoms with E-state index >= 15 is 0 Å². The van der Waals surface area contributed by atoms with Crippen molar-refractivity contribution >= 4 is 9.84 Å². The highest BCUT2D eigenvalue weighted by Gasteiger charge is 2.41. The Morgan fingerprint density at radius 3 is 2.08 bits per heavy atom. The molecule has 2 aliphatic rings. The first kappa shape index (κ1) is 25.8. The second-order valence-corrected chi connectivity index (χ2v) is 12.3. The molecule has 8 heteroatoms. The molecule has 0 bridgehead atoms. The van der Waals surface area contributed by atoms with E-state index in [1.54, 1.807) is 0 Å². The van der Waals surface area contributed by atoms with E-state index < -0.39 is 22.6 Å². The average molecular weight is 530 g/mol. The van der Waals surface area contributed by atoms with Gasteiger partial charge in [-0.15, -0.1) is 0 Å². The van der Waals surface area contributed by atoms with Crippen molar-refractivity contribution in [2.24, 2.45) is 0 Å². The molecule has 2 heterocycles. The summed E-state index contributed by atoms with van der Waals surface area (Å²) in [6.45, 7) is -0.0819. The fourth-order valence-corrected chi connectivity index (χ4v) is 6.85. The summed E-state index contributed by atoms with van der Waals surface area (Å²) in [7, 11) is -3.28. The first-order chi connectivity index (χ1) is 17.6. The normalized spacial score (nSPS) is 17.8. The van der Waals surface area contributed by atoms with Gasteiger partial charge in [0.2, 0.25) is 0 Å². The number of piperidine rings is 1. The summed E-state index contributed by atoms with van der Waals surface area (Å²) in [5.74, 6) is 0.813. The summed E-state index contributed by atoms with van der Waals surface area (Å²) in [6, 6.07) is 22.8. The van der Waals surface area contributed by atoms with Gasteiger partial charge in [0.1, 0.15) is 11.4 Å². The van der Waals surface area contributed by atoms with Crippen LogP contribution in [0.25, 0.3) is 11.1 Å². The Kier molecular flexibility index (Phi) is 7.07. The van der Waals surface area contributed by atoms with Crippen LogP contribution in [0.4, 0.5) is 13.2 Å². The molecule has 3 aromatic carbocycles. The van der Waals surface area contributed by atoms with E-state index in [2.05, 4.69) is 6.07 Å². The maximum Gasteiger partial charge on any atom is 0.401 e. The number of likely N-dealkylation sites (tertiary alicyclic amines) is 1. The van der Waals surface area contributed by atoms with Crippen LogP contribution in [0.15, 0.2) is 72.8 Å². The monoisotopic (exact) mass is 529 g/mol. The lowest BCUT2D eigenvalue weighted by molar-refractivity contribution is -0.153. The summed E-state index contributed by atoms with van der Waals surface area (Å²) >= 11 is 0. The highest BCUT2D eigenvalue weighted by Crippen LogP contribution is 2.41. The van der Waals surface area contributed by atoms with Gasteiger partial charge >= 0.3 is 6.18 Å². The Labute approximate surface area is 216 Å². The maximum absolute atomic E-state index is 12.7. The highest BCUT2D eigenvalue weighted by molar-refractivity contribution is 7.89. The topological polar surface area (TPSA) is 46.6 Å². The average Bonchev–Trinajstić information content (AvgIpc) is 2.85. The smallest absolute Gasteiger partial charge is 0.401 e. The van der Waals surface area contributed by atoms with Crippen LogP contribution in [-0.4, -0.2) is 44.7 Å². The van der Waals surface area contributed by atoms with Crippen LogP contribution in [0.1, 0.15) is 36.0 Å². The Balaban J connectivity index is 1.22. The highest BCUT2D eigenvalue weighted by atomic mass is 32.2. The fraction of sp³-hybridized carbons (Fsp3) is 0.379. The molecule has 0 amide bonds. The molecule has 3 aromatic rings. The Morgan fingerprint density at radius 1 is 0.811 bits per heavy atom. The minimum absolute atomic E-state index is 0.0112. The zero-order valence-corrected chi connectivity index (χ0v) is 21.3.